The summed E-state index contributed by atoms with van der Waals surface area (Å²) in [7, 11) is 1.61. The van der Waals surface area contributed by atoms with E-state index in [0.717, 1.165) is 16.8 Å². The molecule has 0 heterocycles. The highest BCUT2D eigenvalue weighted by atomic mass is 16.5. The average molecular weight is 298 g/mol. The van der Waals surface area contributed by atoms with E-state index in [1.165, 1.54) is 0 Å². The monoisotopic (exact) mass is 298 g/mol. The average Bonchev–Trinajstić information content (AvgIpc) is 2.52. The van der Waals surface area contributed by atoms with Crippen LogP contribution in [0.5, 0.6) is 5.75 Å². The Kier molecular flexibility index (Phi) is 4.71. The number of hydrazine groups is 1. The first kappa shape index (κ1) is 15.9. The van der Waals surface area contributed by atoms with Crippen LogP contribution in [0.2, 0.25) is 0 Å². The molecule has 2 rings (SSSR count). The number of hydrogen-bond donors (Lipinski definition) is 2. The molecule has 0 aliphatic rings. The summed E-state index contributed by atoms with van der Waals surface area (Å²) in [6.07, 6.45) is 0. The van der Waals surface area contributed by atoms with E-state index < -0.39 is 5.41 Å². The summed E-state index contributed by atoms with van der Waals surface area (Å²) in [5.74, 6) is 0.591. The topological polar surface area (TPSA) is 50.4 Å². The number of carbonyl (C=O) groups excluding carboxylic acids is 1. The summed E-state index contributed by atoms with van der Waals surface area (Å²) in [6, 6.07) is 15.9. The van der Waals surface area contributed by atoms with Crippen molar-refractivity contribution >= 4 is 11.6 Å². The van der Waals surface area contributed by atoms with Gasteiger partial charge in [0.15, 0.2) is 0 Å². The first-order chi connectivity index (χ1) is 10.4. The molecule has 1 amide bonds. The van der Waals surface area contributed by atoms with Crippen LogP contribution in [0.25, 0.3) is 11.1 Å². The maximum absolute atomic E-state index is 12.0. The Hall–Kier alpha value is -2.49. The summed E-state index contributed by atoms with van der Waals surface area (Å²) in [5, 5.41) is 0. The van der Waals surface area contributed by atoms with Gasteiger partial charge < -0.3 is 4.74 Å². The molecule has 0 radical (unpaired) electrons. The third-order valence-electron chi connectivity index (χ3n) is 3.30. The van der Waals surface area contributed by atoms with Crippen LogP contribution in [0.3, 0.4) is 0 Å². The second kappa shape index (κ2) is 6.52. The van der Waals surface area contributed by atoms with Crippen molar-refractivity contribution in [1.29, 1.82) is 0 Å². The van der Waals surface area contributed by atoms with Gasteiger partial charge in [-0.05, 0) is 23.3 Å². The molecular formula is C18H22N2O2. The number of rotatable bonds is 4. The van der Waals surface area contributed by atoms with Crippen LogP contribution in [0.1, 0.15) is 20.8 Å². The molecular weight excluding hydrogens is 276 g/mol. The van der Waals surface area contributed by atoms with Crippen molar-refractivity contribution in [1.82, 2.24) is 5.43 Å². The van der Waals surface area contributed by atoms with Crippen LogP contribution < -0.4 is 15.6 Å². The van der Waals surface area contributed by atoms with E-state index in [-0.39, 0.29) is 5.91 Å². The fraction of sp³-hybridized carbons (Fsp3) is 0.278. The van der Waals surface area contributed by atoms with Crippen molar-refractivity contribution in [2.24, 2.45) is 5.41 Å². The maximum Gasteiger partial charge on any atom is 0.243 e. The summed E-state index contributed by atoms with van der Waals surface area (Å²) in [5.41, 5.74) is 8.10. The van der Waals surface area contributed by atoms with Gasteiger partial charge in [-0.3, -0.25) is 15.6 Å². The Morgan fingerprint density at radius 2 is 1.68 bits per heavy atom. The zero-order valence-corrected chi connectivity index (χ0v) is 13.4. The van der Waals surface area contributed by atoms with Crippen molar-refractivity contribution in [3.05, 3.63) is 48.5 Å². The zero-order valence-electron chi connectivity index (χ0n) is 13.4. The summed E-state index contributed by atoms with van der Waals surface area (Å²) in [6.45, 7) is 5.59. The lowest BCUT2D eigenvalue weighted by Gasteiger charge is -2.20. The van der Waals surface area contributed by atoms with Gasteiger partial charge in [-0.2, -0.15) is 0 Å². The molecule has 0 saturated heterocycles. The molecule has 2 aromatic carbocycles. The van der Waals surface area contributed by atoms with Gasteiger partial charge in [-0.15, -0.1) is 0 Å². The van der Waals surface area contributed by atoms with E-state index in [4.69, 9.17) is 4.74 Å². The number of anilines is 1. The van der Waals surface area contributed by atoms with Gasteiger partial charge in [0.1, 0.15) is 5.75 Å². The molecule has 0 fully saturated rings. The Labute approximate surface area is 131 Å². The Bertz CT molecular complexity index is 646. The molecule has 0 atom stereocenters. The second-order valence-corrected chi connectivity index (χ2v) is 6.11. The first-order valence-corrected chi connectivity index (χ1v) is 7.22. The molecule has 0 saturated carbocycles. The summed E-state index contributed by atoms with van der Waals surface area (Å²) in [4.78, 5) is 12.0. The minimum Gasteiger partial charge on any atom is -0.495 e. The normalized spacial score (nSPS) is 10.9. The van der Waals surface area contributed by atoms with E-state index in [9.17, 15) is 4.79 Å². The number of nitrogens with one attached hydrogen (secondary N) is 2. The Morgan fingerprint density at radius 1 is 1.00 bits per heavy atom. The Morgan fingerprint density at radius 3 is 2.27 bits per heavy atom. The third kappa shape index (κ3) is 3.79. The minimum absolute atomic E-state index is 0.0836. The van der Waals surface area contributed by atoms with Crippen LogP contribution in [-0.4, -0.2) is 13.0 Å². The van der Waals surface area contributed by atoms with Crippen LogP contribution >= 0.6 is 0 Å². The third-order valence-corrected chi connectivity index (χ3v) is 3.30. The minimum atomic E-state index is -0.461. The van der Waals surface area contributed by atoms with Gasteiger partial charge >= 0.3 is 0 Å². The van der Waals surface area contributed by atoms with Crippen LogP contribution in [0, 0.1) is 5.41 Å². The van der Waals surface area contributed by atoms with E-state index in [1.807, 2.05) is 69.3 Å². The van der Waals surface area contributed by atoms with E-state index in [1.54, 1.807) is 7.11 Å². The Balaban J connectivity index is 2.24. The van der Waals surface area contributed by atoms with Crippen LogP contribution in [-0.2, 0) is 4.79 Å². The zero-order chi connectivity index (χ0) is 16.2. The van der Waals surface area contributed by atoms with Crippen molar-refractivity contribution in [2.75, 3.05) is 12.5 Å². The lowest BCUT2D eigenvalue weighted by Crippen LogP contribution is -2.38. The fourth-order valence-corrected chi connectivity index (χ4v) is 1.93. The first-order valence-electron chi connectivity index (χ1n) is 7.22. The highest BCUT2D eigenvalue weighted by Gasteiger charge is 2.21. The van der Waals surface area contributed by atoms with Crippen molar-refractivity contribution < 1.29 is 9.53 Å². The van der Waals surface area contributed by atoms with Gasteiger partial charge in [0.25, 0.3) is 0 Å². The predicted molar refractivity (Wildman–Crippen MR) is 89.7 cm³/mol. The van der Waals surface area contributed by atoms with Crippen molar-refractivity contribution in [3.63, 3.8) is 0 Å². The molecule has 0 bridgehead atoms. The second-order valence-electron chi connectivity index (χ2n) is 6.11. The molecule has 2 aromatic rings. The molecule has 4 nitrogen and oxygen atoms in total. The predicted octanol–water partition coefficient (Wildman–Crippen LogP) is 3.85. The number of carbonyl (C=O) groups is 1. The van der Waals surface area contributed by atoms with Crippen LogP contribution in [0.4, 0.5) is 5.69 Å². The van der Waals surface area contributed by atoms with Gasteiger partial charge in [-0.25, -0.2) is 0 Å². The molecule has 22 heavy (non-hydrogen) atoms. The number of amides is 1. The van der Waals surface area contributed by atoms with Gasteiger partial charge in [0.2, 0.25) is 5.91 Å². The lowest BCUT2D eigenvalue weighted by molar-refractivity contribution is -0.127. The number of hydrogen-bond acceptors (Lipinski definition) is 3. The highest BCUT2D eigenvalue weighted by Crippen LogP contribution is 2.30. The number of benzene rings is 2. The maximum atomic E-state index is 12.0. The number of ether oxygens (including phenoxy) is 1. The van der Waals surface area contributed by atoms with Crippen LogP contribution in [0.15, 0.2) is 48.5 Å². The van der Waals surface area contributed by atoms with Gasteiger partial charge in [0.05, 0.1) is 12.8 Å². The SMILES string of the molecule is COc1ccc(-c2ccccc2)cc1NNC(=O)C(C)(C)C. The fourth-order valence-electron chi connectivity index (χ4n) is 1.93. The van der Waals surface area contributed by atoms with Crippen molar-refractivity contribution in [2.45, 2.75) is 20.8 Å². The molecule has 2 N–H and O–H groups in total. The molecule has 0 aliphatic heterocycles. The quantitative estimate of drug-likeness (QED) is 0.843. The molecule has 0 spiro atoms. The summed E-state index contributed by atoms with van der Waals surface area (Å²) >= 11 is 0. The summed E-state index contributed by atoms with van der Waals surface area (Å²) < 4.78 is 5.34. The smallest absolute Gasteiger partial charge is 0.243 e. The van der Waals surface area contributed by atoms with Gasteiger partial charge in [-0.1, -0.05) is 57.2 Å². The van der Waals surface area contributed by atoms with Crippen molar-refractivity contribution in [3.8, 4) is 16.9 Å². The molecule has 0 aromatic heterocycles. The van der Waals surface area contributed by atoms with E-state index in [0.29, 0.717) is 5.75 Å². The molecule has 4 heteroatoms. The van der Waals surface area contributed by atoms with E-state index >= 15 is 0 Å². The lowest BCUT2D eigenvalue weighted by atomic mass is 9.96. The highest BCUT2D eigenvalue weighted by molar-refractivity contribution is 5.83. The molecule has 116 valence electrons. The van der Waals surface area contributed by atoms with E-state index in [2.05, 4.69) is 10.9 Å². The standard InChI is InChI=1S/C18H22N2O2/c1-18(2,3)17(21)20-19-15-12-14(10-11-16(15)22-4)13-8-6-5-7-9-13/h5-12,19H,1-4H3,(H,20,21). The van der Waals surface area contributed by atoms with Gasteiger partial charge in [0, 0.05) is 5.41 Å². The number of methoxy groups -OCH3 is 1. The molecule has 0 unspecified atom stereocenters. The largest absolute Gasteiger partial charge is 0.495 e. The molecule has 0 aliphatic carbocycles.